The number of carbonyl (C=O) groups excluding carboxylic acids is 2. The van der Waals surface area contributed by atoms with Crippen LogP contribution in [0.2, 0.25) is 0 Å². The number of carbonyl (C=O) groups is 2. The Morgan fingerprint density at radius 2 is 1.90 bits per heavy atom. The molecular weight excluding hydrogens is 252 g/mol. The summed E-state index contributed by atoms with van der Waals surface area (Å²) in [6.45, 7) is 9.25. The van der Waals surface area contributed by atoms with Gasteiger partial charge in [0.25, 0.3) is 0 Å². The predicted octanol–water partition coefficient (Wildman–Crippen LogP) is 2.37. The zero-order valence-electron chi connectivity index (χ0n) is 13.4. The van der Waals surface area contributed by atoms with Crippen LogP contribution in [0.5, 0.6) is 0 Å². The van der Waals surface area contributed by atoms with Crippen molar-refractivity contribution >= 4 is 11.7 Å². The summed E-state index contributed by atoms with van der Waals surface area (Å²) >= 11 is 0. The molecule has 0 bridgehead atoms. The van der Waals surface area contributed by atoms with Crippen LogP contribution < -0.4 is 5.32 Å². The van der Waals surface area contributed by atoms with Crippen molar-refractivity contribution in [3.05, 3.63) is 0 Å². The van der Waals surface area contributed by atoms with Crippen LogP contribution in [0, 0.1) is 5.92 Å². The zero-order chi connectivity index (χ0) is 15.1. The van der Waals surface area contributed by atoms with E-state index in [9.17, 15) is 9.59 Å². The third-order valence-corrected chi connectivity index (χ3v) is 4.26. The molecule has 4 nitrogen and oxygen atoms in total. The van der Waals surface area contributed by atoms with Gasteiger partial charge in [0.2, 0.25) is 5.91 Å². The third-order valence-electron chi connectivity index (χ3n) is 4.26. The van der Waals surface area contributed by atoms with Gasteiger partial charge in [0.15, 0.2) is 0 Å². The summed E-state index contributed by atoms with van der Waals surface area (Å²) in [4.78, 5) is 25.7. The van der Waals surface area contributed by atoms with Crippen LogP contribution in [0.15, 0.2) is 0 Å². The normalized spacial score (nSPS) is 22.4. The Morgan fingerprint density at radius 3 is 2.50 bits per heavy atom. The van der Waals surface area contributed by atoms with Crippen LogP contribution in [0.4, 0.5) is 0 Å². The van der Waals surface area contributed by atoms with Gasteiger partial charge >= 0.3 is 0 Å². The van der Waals surface area contributed by atoms with Gasteiger partial charge in [0, 0.05) is 18.5 Å². The fourth-order valence-corrected chi connectivity index (χ4v) is 2.66. The summed E-state index contributed by atoms with van der Waals surface area (Å²) in [5.41, 5.74) is 0. The average Bonchev–Trinajstić information content (AvgIpc) is 2.54. The smallest absolute Gasteiger partial charge is 0.234 e. The first-order valence-electron chi connectivity index (χ1n) is 7.93. The Hall–Kier alpha value is -0.900. The summed E-state index contributed by atoms with van der Waals surface area (Å²) in [6.07, 6.45) is 5.11. The summed E-state index contributed by atoms with van der Waals surface area (Å²) < 4.78 is 0. The highest BCUT2D eigenvalue weighted by Gasteiger charge is 2.24. The Bertz CT molecular complexity index is 328. The molecule has 0 aliphatic carbocycles. The largest absolute Gasteiger partial charge is 0.352 e. The number of likely N-dealkylation sites (tertiary alicyclic amines) is 1. The fraction of sp³-hybridized carbons (Fsp3) is 0.875. The maximum Gasteiger partial charge on any atom is 0.234 e. The van der Waals surface area contributed by atoms with E-state index in [2.05, 4.69) is 24.1 Å². The number of Topliss-reactive ketones (excluding diaryl/α,β-unsaturated/α-hetero) is 1. The molecule has 0 aromatic rings. The van der Waals surface area contributed by atoms with E-state index in [0.29, 0.717) is 18.9 Å². The third kappa shape index (κ3) is 6.04. The maximum atomic E-state index is 12.1. The van der Waals surface area contributed by atoms with Crippen molar-refractivity contribution in [2.45, 2.75) is 71.9 Å². The first-order chi connectivity index (χ1) is 9.40. The topological polar surface area (TPSA) is 49.4 Å². The molecule has 1 aliphatic rings. The van der Waals surface area contributed by atoms with E-state index in [1.165, 1.54) is 12.8 Å². The second kappa shape index (κ2) is 8.40. The molecule has 0 aromatic heterocycles. The molecule has 1 rings (SSSR count). The predicted molar refractivity (Wildman–Crippen MR) is 81.6 cm³/mol. The lowest BCUT2D eigenvalue weighted by Crippen LogP contribution is -2.46. The van der Waals surface area contributed by atoms with Crippen LogP contribution in [0.1, 0.15) is 59.8 Å². The van der Waals surface area contributed by atoms with Gasteiger partial charge in [-0.1, -0.05) is 26.7 Å². The SMILES string of the molecule is CC(=O)CC1CCCCCN1CC(=O)NC(C)C(C)C. The number of nitrogens with zero attached hydrogens (tertiary/aromatic N) is 1. The van der Waals surface area contributed by atoms with Gasteiger partial charge in [0.1, 0.15) is 5.78 Å². The Morgan fingerprint density at radius 1 is 1.20 bits per heavy atom. The van der Waals surface area contributed by atoms with E-state index in [1.807, 2.05) is 6.92 Å². The van der Waals surface area contributed by atoms with Crippen LogP contribution in [-0.4, -0.2) is 41.8 Å². The molecule has 2 unspecified atom stereocenters. The number of hydrogen-bond acceptors (Lipinski definition) is 3. The van der Waals surface area contributed by atoms with Crippen LogP contribution in [-0.2, 0) is 9.59 Å². The minimum Gasteiger partial charge on any atom is -0.352 e. The van der Waals surface area contributed by atoms with E-state index in [1.54, 1.807) is 6.92 Å². The molecule has 0 saturated carbocycles. The van der Waals surface area contributed by atoms with Gasteiger partial charge in [-0.15, -0.1) is 0 Å². The van der Waals surface area contributed by atoms with Crippen LogP contribution in [0.25, 0.3) is 0 Å². The lowest BCUT2D eigenvalue weighted by atomic mass is 10.0. The van der Waals surface area contributed by atoms with E-state index >= 15 is 0 Å². The highest BCUT2D eigenvalue weighted by Crippen LogP contribution is 2.19. The van der Waals surface area contributed by atoms with Crippen molar-refractivity contribution in [2.75, 3.05) is 13.1 Å². The van der Waals surface area contributed by atoms with E-state index in [0.717, 1.165) is 19.4 Å². The van der Waals surface area contributed by atoms with Crippen molar-refractivity contribution in [2.24, 2.45) is 5.92 Å². The first kappa shape index (κ1) is 17.2. The van der Waals surface area contributed by atoms with Crippen molar-refractivity contribution in [3.8, 4) is 0 Å². The lowest BCUT2D eigenvalue weighted by molar-refractivity contribution is -0.125. The summed E-state index contributed by atoms with van der Waals surface area (Å²) in [6, 6.07) is 0.441. The molecule has 1 saturated heterocycles. The molecule has 4 heteroatoms. The van der Waals surface area contributed by atoms with Crippen molar-refractivity contribution in [3.63, 3.8) is 0 Å². The van der Waals surface area contributed by atoms with E-state index in [-0.39, 0.29) is 23.8 Å². The number of nitrogens with one attached hydrogen (secondary N) is 1. The Balaban J connectivity index is 2.55. The number of rotatable bonds is 6. The maximum absolute atomic E-state index is 12.1. The molecule has 2 atom stereocenters. The average molecular weight is 282 g/mol. The van der Waals surface area contributed by atoms with Crippen molar-refractivity contribution < 1.29 is 9.59 Å². The van der Waals surface area contributed by atoms with Gasteiger partial charge in [0.05, 0.1) is 6.54 Å². The molecule has 1 fully saturated rings. The highest BCUT2D eigenvalue weighted by atomic mass is 16.2. The first-order valence-corrected chi connectivity index (χ1v) is 7.93. The Labute approximate surface area is 123 Å². The summed E-state index contributed by atoms with van der Waals surface area (Å²) in [7, 11) is 0. The standard InChI is InChI=1S/C16H30N2O2/c1-12(2)14(4)17-16(20)11-18-9-7-5-6-8-15(18)10-13(3)19/h12,14-15H,5-11H2,1-4H3,(H,17,20). The molecule has 20 heavy (non-hydrogen) atoms. The molecule has 0 spiro atoms. The molecular formula is C16H30N2O2. The van der Waals surface area contributed by atoms with Gasteiger partial charge in [-0.05, 0) is 39.2 Å². The molecule has 1 heterocycles. The number of amides is 1. The highest BCUT2D eigenvalue weighted by molar-refractivity contribution is 5.79. The van der Waals surface area contributed by atoms with Crippen LogP contribution >= 0.6 is 0 Å². The van der Waals surface area contributed by atoms with Crippen molar-refractivity contribution in [1.29, 1.82) is 0 Å². The van der Waals surface area contributed by atoms with Gasteiger partial charge in [-0.2, -0.15) is 0 Å². The molecule has 116 valence electrons. The van der Waals surface area contributed by atoms with E-state index < -0.39 is 0 Å². The second-order valence-corrected chi connectivity index (χ2v) is 6.48. The second-order valence-electron chi connectivity index (χ2n) is 6.48. The monoisotopic (exact) mass is 282 g/mol. The Kier molecular flexibility index (Phi) is 7.20. The minimum absolute atomic E-state index is 0.0849. The zero-order valence-corrected chi connectivity index (χ0v) is 13.4. The fourth-order valence-electron chi connectivity index (χ4n) is 2.66. The molecule has 1 N–H and O–H groups in total. The van der Waals surface area contributed by atoms with Gasteiger partial charge in [-0.25, -0.2) is 0 Å². The lowest BCUT2D eigenvalue weighted by Gasteiger charge is -2.29. The molecule has 0 radical (unpaired) electrons. The van der Waals surface area contributed by atoms with Gasteiger partial charge < -0.3 is 5.32 Å². The van der Waals surface area contributed by atoms with Gasteiger partial charge in [-0.3, -0.25) is 14.5 Å². The quantitative estimate of drug-likeness (QED) is 0.813. The van der Waals surface area contributed by atoms with E-state index in [4.69, 9.17) is 0 Å². The number of ketones is 1. The van der Waals surface area contributed by atoms with Crippen LogP contribution in [0.3, 0.4) is 0 Å². The summed E-state index contributed by atoms with van der Waals surface area (Å²) in [5, 5.41) is 3.06. The molecule has 0 aromatic carbocycles. The molecule has 1 amide bonds. The summed E-state index contributed by atoms with van der Waals surface area (Å²) in [5.74, 6) is 0.746. The number of hydrogen-bond donors (Lipinski definition) is 1. The van der Waals surface area contributed by atoms with Crippen molar-refractivity contribution in [1.82, 2.24) is 10.2 Å². The molecule has 1 aliphatic heterocycles. The minimum atomic E-state index is 0.0849.